The van der Waals surface area contributed by atoms with E-state index < -0.39 is 37.1 Å². The largest absolute Gasteiger partial charge is 0.349 e. The third kappa shape index (κ3) is 4.64. The average Bonchev–Trinajstić information content (AvgIpc) is 2.39. The van der Waals surface area contributed by atoms with Crippen LogP contribution in [0, 0.1) is 11.6 Å². The summed E-state index contributed by atoms with van der Waals surface area (Å²) in [6.07, 6.45) is 2.11. The third-order valence-corrected chi connectivity index (χ3v) is 4.33. The Labute approximate surface area is 126 Å². The third-order valence-electron chi connectivity index (χ3n) is 2.99. The van der Waals surface area contributed by atoms with Crippen molar-refractivity contribution in [1.29, 1.82) is 0 Å². The van der Waals surface area contributed by atoms with Crippen molar-refractivity contribution >= 4 is 25.6 Å². The van der Waals surface area contributed by atoms with E-state index in [9.17, 15) is 22.0 Å². The van der Waals surface area contributed by atoms with Gasteiger partial charge in [-0.1, -0.05) is 20.3 Å². The van der Waals surface area contributed by atoms with Crippen molar-refractivity contribution in [2.24, 2.45) is 0 Å². The quantitative estimate of drug-likeness (QED) is 0.809. The van der Waals surface area contributed by atoms with Crippen LogP contribution in [0.5, 0.6) is 0 Å². The number of hydrogen-bond donors (Lipinski definition) is 1. The molecule has 21 heavy (non-hydrogen) atoms. The smallest absolute Gasteiger partial charge is 0.261 e. The number of benzene rings is 1. The summed E-state index contributed by atoms with van der Waals surface area (Å²) in [5.74, 6) is -3.71. The molecule has 0 bridgehead atoms. The van der Waals surface area contributed by atoms with E-state index in [2.05, 4.69) is 5.32 Å². The Bertz CT molecular complexity index is 635. The summed E-state index contributed by atoms with van der Waals surface area (Å²) in [7, 11) is 0.837. The molecule has 1 aromatic carbocycles. The molecular formula is C13H16ClF2NO3S. The summed E-state index contributed by atoms with van der Waals surface area (Å²) in [4.78, 5) is 11.3. The molecule has 1 aromatic rings. The first-order chi connectivity index (χ1) is 9.70. The van der Waals surface area contributed by atoms with E-state index >= 15 is 0 Å². The topological polar surface area (TPSA) is 63.2 Å². The Morgan fingerprint density at radius 1 is 1.33 bits per heavy atom. The lowest BCUT2D eigenvalue weighted by molar-refractivity contribution is 0.0928. The fraction of sp³-hybridized carbons (Fsp3) is 0.462. The van der Waals surface area contributed by atoms with Crippen molar-refractivity contribution in [3.63, 3.8) is 0 Å². The molecule has 8 heteroatoms. The Morgan fingerprint density at radius 3 is 2.43 bits per heavy atom. The Morgan fingerprint density at radius 2 is 1.95 bits per heavy atom. The zero-order chi connectivity index (χ0) is 16.2. The highest BCUT2D eigenvalue weighted by Crippen LogP contribution is 2.22. The van der Waals surface area contributed by atoms with Gasteiger partial charge in [-0.05, 0) is 25.0 Å². The molecule has 1 atom stereocenters. The van der Waals surface area contributed by atoms with Crippen LogP contribution >= 0.6 is 10.7 Å². The van der Waals surface area contributed by atoms with Crippen molar-refractivity contribution < 1.29 is 22.0 Å². The summed E-state index contributed by atoms with van der Waals surface area (Å²) >= 11 is 0. The molecule has 0 aliphatic carbocycles. The first kappa shape index (κ1) is 17.8. The van der Waals surface area contributed by atoms with Crippen molar-refractivity contribution in [2.45, 2.75) is 44.0 Å². The van der Waals surface area contributed by atoms with Crippen molar-refractivity contribution in [1.82, 2.24) is 5.32 Å². The number of amides is 1. The Balaban J connectivity index is 3.17. The van der Waals surface area contributed by atoms with Gasteiger partial charge in [0.1, 0.15) is 0 Å². The molecule has 0 spiro atoms. The minimum absolute atomic E-state index is 0.193. The average molecular weight is 340 g/mol. The molecule has 118 valence electrons. The van der Waals surface area contributed by atoms with Crippen LogP contribution < -0.4 is 5.32 Å². The van der Waals surface area contributed by atoms with Gasteiger partial charge < -0.3 is 5.32 Å². The van der Waals surface area contributed by atoms with Gasteiger partial charge in [0.2, 0.25) is 0 Å². The summed E-state index contributed by atoms with van der Waals surface area (Å²) in [6.45, 7) is 3.77. The molecule has 0 aliphatic heterocycles. The fourth-order valence-corrected chi connectivity index (χ4v) is 2.63. The molecule has 1 rings (SSSR count). The zero-order valence-electron chi connectivity index (χ0n) is 11.6. The molecule has 0 aliphatic rings. The molecular weight excluding hydrogens is 324 g/mol. The maximum absolute atomic E-state index is 13.7. The number of carbonyl (C=O) groups is 1. The maximum atomic E-state index is 13.7. The second-order valence-electron chi connectivity index (χ2n) is 4.57. The van der Waals surface area contributed by atoms with Crippen LogP contribution in [-0.4, -0.2) is 20.4 Å². The second kappa shape index (κ2) is 7.17. The highest BCUT2D eigenvalue weighted by atomic mass is 35.7. The van der Waals surface area contributed by atoms with Crippen LogP contribution in [0.3, 0.4) is 0 Å². The predicted octanol–water partition coefficient (Wildman–Crippen LogP) is 3.20. The van der Waals surface area contributed by atoms with Crippen molar-refractivity contribution in [3.8, 4) is 0 Å². The van der Waals surface area contributed by atoms with E-state index in [0.29, 0.717) is 18.9 Å². The monoisotopic (exact) mass is 339 g/mol. The number of nitrogens with one attached hydrogen (secondary N) is 1. The van der Waals surface area contributed by atoms with Gasteiger partial charge in [0, 0.05) is 16.7 Å². The SMILES string of the molecule is CCCC(CC)NC(=O)c1cc(S(=O)(=O)Cl)cc(F)c1F. The number of hydrogen-bond acceptors (Lipinski definition) is 3. The van der Waals surface area contributed by atoms with E-state index in [-0.39, 0.29) is 6.04 Å². The van der Waals surface area contributed by atoms with Gasteiger partial charge in [0.05, 0.1) is 10.5 Å². The van der Waals surface area contributed by atoms with Crippen molar-refractivity contribution in [3.05, 3.63) is 29.3 Å². The van der Waals surface area contributed by atoms with Crippen LogP contribution in [-0.2, 0) is 9.05 Å². The van der Waals surface area contributed by atoms with Crippen LogP contribution in [0.1, 0.15) is 43.5 Å². The summed E-state index contributed by atoms with van der Waals surface area (Å²) < 4.78 is 49.5. The summed E-state index contributed by atoms with van der Waals surface area (Å²) in [5.41, 5.74) is -0.677. The molecule has 0 saturated heterocycles. The maximum Gasteiger partial charge on any atom is 0.261 e. The Hall–Kier alpha value is -1.21. The molecule has 1 N–H and O–H groups in total. The molecule has 0 radical (unpaired) electrons. The molecule has 1 amide bonds. The highest BCUT2D eigenvalue weighted by Gasteiger charge is 2.23. The minimum atomic E-state index is -4.26. The van der Waals surface area contributed by atoms with Gasteiger partial charge in [-0.3, -0.25) is 4.79 Å². The van der Waals surface area contributed by atoms with Crippen LogP contribution in [0.15, 0.2) is 17.0 Å². The molecule has 4 nitrogen and oxygen atoms in total. The van der Waals surface area contributed by atoms with Gasteiger partial charge in [-0.2, -0.15) is 0 Å². The normalized spacial score (nSPS) is 13.0. The molecule has 0 heterocycles. The van der Waals surface area contributed by atoms with Crippen LogP contribution in [0.4, 0.5) is 8.78 Å². The van der Waals surface area contributed by atoms with Crippen LogP contribution in [0.25, 0.3) is 0 Å². The van der Waals surface area contributed by atoms with Crippen LogP contribution in [0.2, 0.25) is 0 Å². The molecule has 0 saturated carbocycles. The highest BCUT2D eigenvalue weighted by molar-refractivity contribution is 8.13. The molecule has 0 aromatic heterocycles. The number of halogens is 3. The summed E-state index contributed by atoms with van der Waals surface area (Å²) in [6, 6.07) is 0.980. The lowest BCUT2D eigenvalue weighted by Crippen LogP contribution is -2.35. The predicted molar refractivity (Wildman–Crippen MR) is 75.9 cm³/mol. The lowest BCUT2D eigenvalue weighted by Gasteiger charge is -2.16. The van der Waals surface area contributed by atoms with E-state index in [0.717, 1.165) is 12.5 Å². The van der Waals surface area contributed by atoms with E-state index in [1.54, 1.807) is 0 Å². The minimum Gasteiger partial charge on any atom is -0.349 e. The first-order valence-corrected chi connectivity index (χ1v) is 8.76. The number of rotatable bonds is 6. The molecule has 1 unspecified atom stereocenters. The van der Waals surface area contributed by atoms with E-state index in [1.165, 1.54) is 0 Å². The van der Waals surface area contributed by atoms with Crippen molar-refractivity contribution in [2.75, 3.05) is 0 Å². The van der Waals surface area contributed by atoms with Gasteiger partial charge in [0.25, 0.3) is 15.0 Å². The van der Waals surface area contributed by atoms with Gasteiger partial charge >= 0.3 is 0 Å². The standard InChI is InChI=1S/C13H16ClF2NO3S/c1-3-5-8(4-2)17-13(18)10-6-9(21(14,19)20)7-11(15)12(10)16/h6-8H,3-5H2,1-2H3,(H,17,18). The second-order valence-corrected chi connectivity index (χ2v) is 7.14. The first-order valence-electron chi connectivity index (χ1n) is 6.45. The van der Waals surface area contributed by atoms with Gasteiger partial charge in [-0.15, -0.1) is 0 Å². The Kier molecular flexibility index (Phi) is 6.10. The van der Waals surface area contributed by atoms with E-state index in [4.69, 9.17) is 10.7 Å². The molecule has 0 fully saturated rings. The zero-order valence-corrected chi connectivity index (χ0v) is 13.2. The fourth-order valence-electron chi connectivity index (χ4n) is 1.86. The lowest BCUT2D eigenvalue weighted by atomic mass is 10.1. The number of carbonyl (C=O) groups excluding carboxylic acids is 1. The van der Waals surface area contributed by atoms with Gasteiger partial charge in [0.15, 0.2) is 11.6 Å². The summed E-state index contributed by atoms with van der Waals surface area (Å²) in [5, 5.41) is 2.55. The van der Waals surface area contributed by atoms with E-state index in [1.807, 2.05) is 13.8 Å². The van der Waals surface area contributed by atoms with Gasteiger partial charge in [-0.25, -0.2) is 17.2 Å².